The Morgan fingerprint density at radius 2 is 2.12 bits per heavy atom. The van der Waals surface area contributed by atoms with Crippen molar-refractivity contribution in [3.05, 3.63) is 29.6 Å². The van der Waals surface area contributed by atoms with E-state index in [1.165, 1.54) is 0 Å². The molecule has 0 aliphatic rings. The molecule has 0 saturated heterocycles. The number of thioether (sulfide) groups is 1. The Kier molecular flexibility index (Phi) is 5.08. The summed E-state index contributed by atoms with van der Waals surface area (Å²) in [6.45, 7) is 2.75. The van der Waals surface area contributed by atoms with E-state index < -0.39 is 5.51 Å². The quantitative estimate of drug-likeness (QED) is 0.813. The van der Waals surface area contributed by atoms with Gasteiger partial charge in [-0.15, -0.1) is 0 Å². The van der Waals surface area contributed by atoms with E-state index in [4.69, 9.17) is 0 Å². The van der Waals surface area contributed by atoms with Gasteiger partial charge in [0.15, 0.2) is 0 Å². The zero-order valence-corrected chi connectivity index (χ0v) is 9.66. The average Bonchev–Trinajstić information content (AvgIpc) is 2.19. The zero-order chi connectivity index (χ0) is 12.0. The van der Waals surface area contributed by atoms with Gasteiger partial charge < -0.3 is 5.32 Å². The standard InChI is InChI=1S/C10H13F3N2S/c1-8-2-3-9(15-6-8)7-14-4-5-16-10(11,12)13/h2-3,6,14H,4-5,7H2,1H3. The lowest BCUT2D eigenvalue weighted by atomic mass is 10.3. The van der Waals surface area contributed by atoms with E-state index in [9.17, 15) is 13.2 Å². The molecule has 0 spiro atoms. The minimum Gasteiger partial charge on any atom is -0.310 e. The van der Waals surface area contributed by atoms with Gasteiger partial charge in [-0.3, -0.25) is 4.98 Å². The second-order valence-electron chi connectivity index (χ2n) is 3.30. The molecule has 1 N–H and O–H groups in total. The van der Waals surface area contributed by atoms with Crippen LogP contribution in [0.15, 0.2) is 18.3 Å². The molecule has 90 valence electrons. The van der Waals surface area contributed by atoms with Crippen molar-refractivity contribution >= 4 is 11.8 Å². The summed E-state index contributed by atoms with van der Waals surface area (Å²) in [5, 5.41) is 2.91. The normalized spacial score (nSPS) is 11.8. The van der Waals surface area contributed by atoms with E-state index >= 15 is 0 Å². The van der Waals surface area contributed by atoms with Crippen LogP contribution in [0, 0.1) is 6.92 Å². The van der Waals surface area contributed by atoms with Crippen LogP contribution < -0.4 is 5.32 Å². The van der Waals surface area contributed by atoms with Crippen LogP contribution in [-0.2, 0) is 6.54 Å². The van der Waals surface area contributed by atoms with Crippen molar-refractivity contribution in [2.75, 3.05) is 12.3 Å². The van der Waals surface area contributed by atoms with Crippen LogP contribution in [0.3, 0.4) is 0 Å². The summed E-state index contributed by atoms with van der Waals surface area (Å²) >= 11 is -0.0118. The van der Waals surface area contributed by atoms with Crippen LogP contribution >= 0.6 is 11.8 Å². The Balaban J connectivity index is 2.14. The van der Waals surface area contributed by atoms with E-state index in [-0.39, 0.29) is 17.5 Å². The predicted molar refractivity (Wildman–Crippen MR) is 59.2 cm³/mol. The van der Waals surface area contributed by atoms with Gasteiger partial charge >= 0.3 is 5.51 Å². The molecule has 1 aromatic rings. The van der Waals surface area contributed by atoms with Gasteiger partial charge in [-0.25, -0.2) is 0 Å². The number of aryl methyl sites for hydroxylation is 1. The highest BCUT2D eigenvalue weighted by atomic mass is 32.2. The lowest BCUT2D eigenvalue weighted by Crippen LogP contribution is -2.18. The first-order chi connectivity index (χ1) is 7.47. The van der Waals surface area contributed by atoms with E-state index in [0.717, 1.165) is 11.3 Å². The van der Waals surface area contributed by atoms with Crippen LogP contribution in [-0.4, -0.2) is 22.8 Å². The van der Waals surface area contributed by atoms with E-state index in [1.807, 2.05) is 19.1 Å². The molecule has 0 saturated carbocycles. The first-order valence-electron chi connectivity index (χ1n) is 4.80. The fourth-order valence-corrected chi connectivity index (χ4v) is 1.54. The van der Waals surface area contributed by atoms with Crippen molar-refractivity contribution < 1.29 is 13.2 Å². The second kappa shape index (κ2) is 6.10. The van der Waals surface area contributed by atoms with E-state index in [2.05, 4.69) is 10.3 Å². The predicted octanol–water partition coefficient (Wildman–Crippen LogP) is 2.73. The van der Waals surface area contributed by atoms with Gasteiger partial charge in [-0.05, 0) is 30.3 Å². The molecule has 1 aromatic heterocycles. The fourth-order valence-electron chi connectivity index (χ4n) is 1.06. The van der Waals surface area contributed by atoms with Gasteiger partial charge in [0.05, 0.1) is 5.69 Å². The number of alkyl halides is 3. The first kappa shape index (κ1) is 13.3. The van der Waals surface area contributed by atoms with Gasteiger partial charge in [-0.1, -0.05) is 6.07 Å². The maximum atomic E-state index is 11.8. The van der Waals surface area contributed by atoms with Crippen LogP contribution in [0.5, 0.6) is 0 Å². The number of nitrogens with one attached hydrogen (secondary N) is 1. The van der Waals surface area contributed by atoms with Crippen molar-refractivity contribution in [3.8, 4) is 0 Å². The van der Waals surface area contributed by atoms with Gasteiger partial charge in [0.1, 0.15) is 0 Å². The molecule has 0 bridgehead atoms. The third kappa shape index (κ3) is 5.97. The number of pyridine rings is 1. The summed E-state index contributed by atoms with van der Waals surface area (Å²) in [6.07, 6.45) is 1.74. The molecule has 16 heavy (non-hydrogen) atoms. The highest BCUT2D eigenvalue weighted by molar-refractivity contribution is 8.00. The van der Waals surface area contributed by atoms with Crippen LogP contribution in [0.4, 0.5) is 13.2 Å². The van der Waals surface area contributed by atoms with Crippen molar-refractivity contribution in [2.45, 2.75) is 19.0 Å². The van der Waals surface area contributed by atoms with Crippen molar-refractivity contribution in [1.82, 2.24) is 10.3 Å². The number of hydrogen-bond acceptors (Lipinski definition) is 3. The summed E-state index contributed by atoms with van der Waals surface area (Å²) < 4.78 is 35.3. The number of halogens is 3. The molecule has 0 atom stereocenters. The summed E-state index contributed by atoms with van der Waals surface area (Å²) in [5.74, 6) is 0.0232. The molecule has 6 heteroatoms. The van der Waals surface area contributed by atoms with Crippen LogP contribution in [0.25, 0.3) is 0 Å². The molecule has 0 aliphatic carbocycles. The molecule has 1 rings (SSSR count). The number of nitrogens with zero attached hydrogens (tertiary/aromatic N) is 1. The summed E-state index contributed by atoms with van der Waals surface area (Å²) in [5.41, 5.74) is -2.23. The highest BCUT2D eigenvalue weighted by Gasteiger charge is 2.27. The SMILES string of the molecule is Cc1ccc(CNCCSC(F)(F)F)nc1. The average molecular weight is 250 g/mol. The van der Waals surface area contributed by atoms with Gasteiger partial charge in [0.2, 0.25) is 0 Å². The molecular formula is C10H13F3N2S. The summed E-state index contributed by atoms with van der Waals surface area (Å²) in [4.78, 5) is 4.13. The molecule has 0 aromatic carbocycles. The first-order valence-corrected chi connectivity index (χ1v) is 5.79. The Morgan fingerprint density at radius 1 is 1.38 bits per heavy atom. The van der Waals surface area contributed by atoms with Gasteiger partial charge in [-0.2, -0.15) is 13.2 Å². The van der Waals surface area contributed by atoms with Crippen LogP contribution in [0.2, 0.25) is 0 Å². The van der Waals surface area contributed by atoms with Gasteiger partial charge in [0.25, 0.3) is 0 Å². The smallest absolute Gasteiger partial charge is 0.310 e. The molecule has 1 heterocycles. The molecule has 2 nitrogen and oxygen atoms in total. The van der Waals surface area contributed by atoms with Gasteiger partial charge in [0, 0.05) is 25.0 Å². The highest BCUT2D eigenvalue weighted by Crippen LogP contribution is 2.29. The minimum atomic E-state index is -4.14. The number of aromatic nitrogens is 1. The Bertz CT molecular complexity index is 311. The van der Waals surface area contributed by atoms with Crippen molar-refractivity contribution in [2.24, 2.45) is 0 Å². The summed E-state index contributed by atoms with van der Waals surface area (Å²) in [7, 11) is 0. The van der Waals surface area contributed by atoms with Crippen molar-refractivity contribution in [1.29, 1.82) is 0 Å². The Hall–Kier alpha value is -0.750. The molecular weight excluding hydrogens is 237 g/mol. The second-order valence-corrected chi connectivity index (χ2v) is 4.46. The fraction of sp³-hybridized carbons (Fsp3) is 0.500. The van der Waals surface area contributed by atoms with Crippen LogP contribution in [0.1, 0.15) is 11.3 Å². The summed E-state index contributed by atoms with van der Waals surface area (Å²) in [6, 6.07) is 3.79. The topological polar surface area (TPSA) is 24.9 Å². The lowest BCUT2D eigenvalue weighted by molar-refractivity contribution is -0.0327. The zero-order valence-electron chi connectivity index (χ0n) is 8.84. The number of hydrogen-bond donors (Lipinski definition) is 1. The monoisotopic (exact) mass is 250 g/mol. The molecule has 0 amide bonds. The Labute approximate surface area is 96.6 Å². The molecule has 0 aliphatic heterocycles. The third-order valence-corrected chi connectivity index (χ3v) is 2.56. The third-order valence-electron chi connectivity index (χ3n) is 1.82. The van der Waals surface area contributed by atoms with E-state index in [0.29, 0.717) is 13.1 Å². The maximum absolute atomic E-state index is 11.8. The lowest BCUT2D eigenvalue weighted by Gasteiger charge is -2.06. The number of rotatable bonds is 5. The molecule has 0 unspecified atom stereocenters. The molecule has 0 radical (unpaired) electrons. The van der Waals surface area contributed by atoms with E-state index in [1.54, 1.807) is 6.20 Å². The van der Waals surface area contributed by atoms with Crippen molar-refractivity contribution in [3.63, 3.8) is 0 Å². The molecule has 0 fully saturated rings. The largest absolute Gasteiger partial charge is 0.441 e. The minimum absolute atomic E-state index is 0.0118. The maximum Gasteiger partial charge on any atom is 0.441 e. The Morgan fingerprint density at radius 3 is 2.69 bits per heavy atom.